The van der Waals surface area contributed by atoms with E-state index in [1.54, 1.807) is 0 Å². The summed E-state index contributed by atoms with van der Waals surface area (Å²) in [5.41, 5.74) is 0. The third-order valence-corrected chi connectivity index (χ3v) is 5.20. The van der Waals surface area contributed by atoms with Crippen LogP contribution in [-0.2, 0) is 0 Å². The molecule has 0 aliphatic rings. The van der Waals surface area contributed by atoms with E-state index in [1.165, 1.54) is 15.8 Å². The first-order chi connectivity index (χ1) is 3.35. The molecule has 0 fully saturated rings. The van der Waals surface area contributed by atoms with Crippen molar-refractivity contribution >= 4 is 37.2 Å². The molecule has 0 nitrogen and oxygen atoms in total. The van der Waals surface area contributed by atoms with Crippen molar-refractivity contribution in [3.63, 3.8) is 0 Å². The summed E-state index contributed by atoms with van der Waals surface area (Å²) in [7, 11) is 0. The van der Waals surface area contributed by atoms with E-state index in [9.17, 15) is 0 Å². The molecule has 0 atom stereocenters. The summed E-state index contributed by atoms with van der Waals surface area (Å²) >= 11 is -0.171. The van der Waals surface area contributed by atoms with Gasteiger partial charge in [-0.2, -0.15) is 0 Å². The minimum atomic E-state index is -0.171. The van der Waals surface area contributed by atoms with Gasteiger partial charge in [-0.1, -0.05) is 36.6 Å². The van der Waals surface area contributed by atoms with Crippen LogP contribution in [0.5, 0.6) is 0 Å². The van der Waals surface area contributed by atoms with Crippen LogP contribution < -0.4 is 0 Å². The van der Waals surface area contributed by atoms with Crippen molar-refractivity contribution < 1.29 is 2.85 Å². The van der Waals surface area contributed by atoms with Crippen LogP contribution in [0.25, 0.3) is 0 Å². The summed E-state index contributed by atoms with van der Waals surface area (Å²) in [6.45, 7) is 6.97. The fourth-order valence-corrected chi connectivity index (χ4v) is 2.60. The molecule has 0 aliphatic heterocycles. The fraction of sp³-hybridized carbons (Fsp3) is 1.00. The molecule has 0 N–H and O–H groups in total. The molecule has 0 unspecified atom stereocenters. The van der Waals surface area contributed by atoms with Gasteiger partial charge in [0.2, 0.25) is 0 Å². The van der Waals surface area contributed by atoms with E-state index in [2.05, 4.69) is 20.8 Å². The van der Waals surface area contributed by atoms with Crippen LogP contribution in [0.15, 0.2) is 0 Å². The van der Waals surface area contributed by atoms with E-state index in [0.717, 1.165) is 0 Å². The molecular formula is C6H17AlMg. The van der Waals surface area contributed by atoms with Crippen LogP contribution in [0, 0.1) is 0 Å². The van der Waals surface area contributed by atoms with Gasteiger partial charge in [0.15, 0.2) is 0 Å². The molecular weight excluding hydrogens is 123 g/mol. The average Bonchev–Trinajstić information content (AvgIpc) is 1.72. The third kappa shape index (κ3) is 5.44. The first-order valence-electron chi connectivity index (χ1n) is 3.35. The van der Waals surface area contributed by atoms with E-state index < -0.39 is 0 Å². The largest absolute Gasteiger partial charge is 2.00 e. The Labute approximate surface area is 76.6 Å². The van der Waals surface area contributed by atoms with Crippen molar-refractivity contribution in [3.05, 3.63) is 0 Å². The maximum atomic E-state index is 2.32. The minimum absolute atomic E-state index is 0. The zero-order valence-electron chi connectivity index (χ0n) is 8.41. The summed E-state index contributed by atoms with van der Waals surface area (Å²) in [5.74, 6) is 0. The number of hydrogen-bond donors (Lipinski definition) is 0. The van der Waals surface area contributed by atoms with Gasteiger partial charge in [0.1, 0.15) is 0 Å². The van der Waals surface area contributed by atoms with Crippen molar-refractivity contribution in [2.24, 2.45) is 0 Å². The van der Waals surface area contributed by atoms with Gasteiger partial charge in [0.25, 0.3) is 14.1 Å². The topological polar surface area (TPSA) is 0 Å². The molecule has 0 saturated heterocycles. The fourth-order valence-electron chi connectivity index (χ4n) is 0.866. The Morgan fingerprint density at radius 3 is 1.25 bits per heavy atom. The third-order valence-electron chi connectivity index (χ3n) is 1.73. The second kappa shape index (κ2) is 8.30. The zero-order chi connectivity index (χ0) is 5.70. The number of rotatable bonds is 3. The summed E-state index contributed by atoms with van der Waals surface area (Å²) < 4.78 is 0. The standard InChI is InChI=1S/3C2H5.Al.Mg.2H/c3*1-2;;;;/h3*1H2,2H3;;;;/q;;;;+2;2*-1. The van der Waals surface area contributed by atoms with Gasteiger partial charge in [-0.3, -0.25) is 0 Å². The first-order valence-corrected chi connectivity index (χ1v) is 5.80. The second-order valence-corrected chi connectivity index (χ2v) is 6.27. The van der Waals surface area contributed by atoms with Gasteiger partial charge in [0.05, 0.1) is 0 Å². The van der Waals surface area contributed by atoms with Crippen LogP contribution in [0.2, 0.25) is 15.8 Å². The second-order valence-electron chi connectivity index (χ2n) is 2.09. The summed E-state index contributed by atoms with van der Waals surface area (Å²) in [4.78, 5) is 0. The van der Waals surface area contributed by atoms with Gasteiger partial charge in [0, 0.05) is 0 Å². The molecule has 0 bridgehead atoms. The molecule has 2 heteroatoms. The molecule has 0 aromatic carbocycles. The van der Waals surface area contributed by atoms with Gasteiger partial charge in [-0.25, -0.2) is 0 Å². The quantitative estimate of drug-likeness (QED) is 0.528. The summed E-state index contributed by atoms with van der Waals surface area (Å²) in [5, 5.41) is 4.48. The molecule has 46 valence electrons. The van der Waals surface area contributed by atoms with E-state index >= 15 is 0 Å². The molecule has 0 spiro atoms. The molecule has 0 aliphatic carbocycles. The summed E-state index contributed by atoms with van der Waals surface area (Å²) in [6, 6.07) is 0. The van der Waals surface area contributed by atoms with Gasteiger partial charge in [-0.05, 0) is 0 Å². The SMILES string of the molecule is C[CH2][Al]([CH2]C)[CH2]C.[H-].[H-].[Mg+2]. The Hall–Kier alpha value is 1.30. The molecule has 8 heavy (non-hydrogen) atoms. The first kappa shape index (κ1) is 12.0. The van der Waals surface area contributed by atoms with Crippen molar-refractivity contribution in [3.8, 4) is 0 Å². The van der Waals surface area contributed by atoms with Crippen LogP contribution in [0.3, 0.4) is 0 Å². The van der Waals surface area contributed by atoms with Gasteiger partial charge >= 0.3 is 23.1 Å². The predicted octanol–water partition coefficient (Wildman–Crippen LogP) is 2.39. The summed E-state index contributed by atoms with van der Waals surface area (Å²) in [6.07, 6.45) is 0. The van der Waals surface area contributed by atoms with Crippen molar-refractivity contribution in [1.29, 1.82) is 0 Å². The molecule has 0 radical (unpaired) electrons. The monoisotopic (exact) mass is 140 g/mol. The zero-order valence-corrected chi connectivity index (χ0v) is 8.97. The van der Waals surface area contributed by atoms with Crippen LogP contribution >= 0.6 is 0 Å². The van der Waals surface area contributed by atoms with Crippen LogP contribution in [0.4, 0.5) is 0 Å². The molecule has 0 amide bonds. The number of hydrogen-bond acceptors (Lipinski definition) is 0. The van der Waals surface area contributed by atoms with E-state index in [-0.39, 0.29) is 40.1 Å². The maximum absolute atomic E-state index is 2.32. The Kier molecular flexibility index (Phi) is 12.5. The van der Waals surface area contributed by atoms with Crippen molar-refractivity contribution in [2.45, 2.75) is 36.6 Å². The Bertz CT molecular complexity index is 37.2. The van der Waals surface area contributed by atoms with E-state index in [0.29, 0.717) is 0 Å². The minimum Gasteiger partial charge on any atom is -1.00 e. The van der Waals surface area contributed by atoms with Crippen molar-refractivity contribution in [1.82, 2.24) is 0 Å². The Balaban J connectivity index is -0.0000000600. The molecule has 0 aromatic rings. The average molecular weight is 140 g/mol. The van der Waals surface area contributed by atoms with Crippen LogP contribution in [-0.4, -0.2) is 37.2 Å². The Morgan fingerprint density at radius 2 is 1.25 bits per heavy atom. The normalized spacial score (nSPS) is 7.88. The van der Waals surface area contributed by atoms with Crippen molar-refractivity contribution in [2.75, 3.05) is 0 Å². The maximum Gasteiger partial charge on any atom is 2.00 e. The van der Waals surface area contributed by atoms with E-state index in [4.69, 9.17) is 0 Å². The molecule has 0 aromatic heterocycles. The Morgan fingerprint density at radius 1 is 1.00 bits per heavy atom. The molecule has 0 heterocycles. The van der Waals surface area contributed by atoms with Gasteiger partial charge in [-0.15, -0.1) is 0 Å². The van der Waals surface area contributed by atoms with E-state index in [1.807, 2.05) is 0 Å². The molecule has 0 saturated carbocycles. The van der Waals surface area contributed by atoms with Gasteiger partial charge < -0.3 is 2.85 Å². The smallest absolute Gasteiger partial charge is 1.00 e. The molecule has 0 rings (SSSR count). The predicted molar refractivity (Wildman–Crippen MR) is 45.2 cm³/mol. The van der Waals surface area contributed by atoms with Crippen LogP contribution in [0.1, 0.15) is 23.6 Å².